The first-order chi connectivity index (χ1) is 14.9. The molecule has 4 heterocycles. The van der Waals surface area contributed by atoms with Gasteiger partial charge in [-0.05, 0) is 43.5 Å². The average Bonchev–Trinajstić information content (AvgIpc) is 2.95. The van der Waals surface area contributed by atoms with Crippen LogP contribution in [0.2, 0.25) is 25.2 Å². The summed E-state index contributed by atoms with van der Waals surface area (Å²) in [5.74, 6) is 1.12. The summed E-state index contributed by atoms with van der Waals surface area (Å²) in [6, 6.07) is 11.1. The first kappa shape index (κ1) is 20.1. The average molecular weight is 431 g/mol. The number of aromatic nitrogens is 5. The van der Waals surface area contributed by atoms with E-state index in [0.717, 1.165) is 38.9 Å². The molecule has 1 aliphatic heterocycles. The molecular formula is C24H30N6Si. The highest BCUT2D eigenvalue weighted by molar-refractivity contribution is 6.77. The monoisotopic (exact) mass is 430 g/mol. The molecule has 0 amide bonds. The van der Waals surface area contributed by atoms with Crippen LogP contribution in [0.1, 0.15) is 36.4 Å². The smallest absolute Gasteiger partial charge is 0.227 e. The summed E-state index contributed by atoms with van der Waals surface area (Å²) in [4.78, 5) is 14.0. The van der Waals surface area contributed by atoms with Crippen LogP contribution in [0.3, 0.4) is 0 Å². The number of fused-ring (bicyclic) bond motifs is 2. The van der Waals surface area contributed by atoms with Gasteiger partial charge in [-0.2, -0.15) is 5.10 Å². The summed E-state index contributed by atoms with van der Waals surface area (Å²) in [5.41, 5.74) is 6.27. The molecule has 160 valence electrons. The maximum Gasteiger partial charge on any atom is 0.227 e. The number of hydrogen-bond donors (Lipinski definition) is 1. The van der Waals surface area contributed by atoms with Gasteiger partial charge in [0.05, 0.1) is 17.4 Å². The van der Waals surface area contributed by atoms with E-state index in [4.69, 9.17) is 10.1 Å². The molecule has 3 aromatic heterocycles. The van der Waals surface area contributed by atoms with Crippen LogP contribution in [0.15, 0.2) is 36.7 Å². The Kier molecular flexibility index (Phi) is 5.00. The molecule has 0 bridgehead atoms. The molecule has 1 unspecified atom stereocenters. The fourth-order valence-electron chi connectivity index (χ4n) is 4.81. The Morgan fingerprint density at radius 2 is 2.00 bits per heavy atom. The minimum Gasteiger partial charge on any atom is -0.324 e. The van der Waals surface area contributed by atoms with Gasteiger partial charge in [0, 0.05) is 38.3 Å². The van der Waals surface area contributed by atoms with Gasteiger partial charge in [0.15, 0.2) is 0 Å². The molecule has 1 fully saturated rings. The van der Waals surface area contributed by atoms with E-state index in [1.54, 1.807) is 0 Å². The summed E-state index contributed by atoms with van der Waals surface area (Å²) in [7, 11) is 0.946. The van der Waals surface area contributed by atoms with Crippen molar-refractivity contribution in [1.82, 2.24) is 24.7 Å². The number of anilines is 2. The van der Waals surface area contributed by atoms with Crippen molar-refractivity contribution in [3.8, 4) is 0 Å². The zero-order valence-electron chi connectivity index (χ0n) is 18.8. The van der Waals surface area contributed by atoms with E-state index in [1.807, 2.05) is 30.2 Å². The zero-order chi connectivity index (χ0) is 21.6. The highest BCUT2D eigenvalue weighted by Gasteiger charge is 2.29. The Bertz CT molecular complexity index is 1260. The molecule has 0 spiro atoms. The predicted octanol–water partition coefficient (Wildman–Crippen LogP) is 5.94. The Balaban J connectivity index is 1.50. The van der Waals surface area contributed by atoms with E-state index in [0.29, 0.717) is 11.9 Å². The lowest BCUT2D eigenvalue weighted by Crippen LogP contribution is -2.23. The fraction of sp³-hybridized carbons (Fsp3) is 0.417. The normalized spacial score (nSPS) is 18.9. The van der Waals surface area contributed by atoms with Gasteiger partial charge < -0.3 is 5.32 Å². The molecule has 6 nitrogen and oxygen atoms in total. The van der Waals surface area contributed by atoms with E-state index in [-0.39, 0.29) is 0 Å². The van der Waals surface area contributed by atoms with Gasteiger partial charge in [0.1, 0.15) is 11.0 Å². The Morgan fingerprint density at radius 1 is 1.13 bits per heavy atom. The van der Waals surface area contributed by atoms with E-state index in [1.165, 1.54) is 31.4 Å². The molecule has 1 atom stereocenters. The van der Waals surface area contributed by atoms with Crippen LogP contribution in [0.4, 0.5) is 11.6 Å². The van der Waals surface area contributed by atoms with Crippen LogP contribution in [0, 0.1) is 6.92 Å². The van der Waals surface area contributed by atoms with E-state index in [2.05, 4.69) is 53.5 Å². The van der Waals surface area contributed by atoms with E-state index in [9.17, 15) is 0 Å². The molecule has 7 heteroatoms. The Morgan fingerprint density at radius 3 is 2.87 bits per heavy atom. The largest absolute Gasteiger partial charge is 0.324 e. The van der Waals surface area contributed by atoms with Crippen molar-refractivity contribution in [2.75, 3.05) is 5.32 Å². The minimum atomic E-state index is -1.05. The summed E-state index contributed by atoms with van der Waals surface area (Å²) in [6.45, 7) is 7.14. The van der Waals surface area contributed by atoms with Crippen LogP contribution in [-0.2, 0) is 7.05 Å². The molecule has 1 aliphatic rings. The summed E-state index contributed by atoms with van der Waals surface area (Å²) in [6.07, 6.45) is 7.48. The quantitative estimate of drug-likeness (QED) is 0.407. The molecule has 1 aromatic carbocycles. The maximum absolute atomic E-state index is 4.94. The number of nitrogens with one attached hydrogen (secondary N) is 1. The maximum atomic E-state index is 4.94. The summed E-state index contributed by atoms with van der Waals surface area (Å²) < 4.78 is 1.94. The second kappa shape index (κ2) is 7.71. The third-order valence-corrected chi connectivity index (χ3v) is 10.1. The number of rotatable bonds is 3. The van der Waals surface area contributed by atoms with Gasteiger partial charge in [0.25, 0.3) is 0 Å². The van der Waals surface area contributed by atoms with Gasteiger partial charge in [-0.3, -0.25) is 9.67 Å². The summed E-state index contributed by atoms with van der Waals surface area (Å²) >= 11 is 0. The third-order valence-electron chi connectivity index (χ3n) is 6.78. The van der Waals surface area contributed by atoms with Crippen molar-refractivity contribution in [2.45, 2.75) is 57.3 Å². The Hall–Kier alpha value is -2.80. The molecule has 0 radical (unpaired) electrons. The van der Waals surface area contributed by atoms with E-state index >= 15 is 0 Å². The second-order valence-corrected chi connectivity index (χ2v) is 15.0. The molecular weight excluding hydrogens is 400 g/mol. The molecule has 1 N–H and O–H groups in total. The number of benzene rings is 1. The van der Waals surface area contributed by atoms with Crippen LogP contribution in [0.25, 0.3) is 21.9 Å². The van der Waals surface area contributed by atoms with Crippen molar-refractivity contribution in [3.05, 3.63) is 47.9 Å². The van der Waals surface area contributed by atoms with Crippen molar-refractivity contribution < 1.29 is 0 Å². The van der Waals surface area contributed by atoms with Crippen molar-refractivity contribution >= 4 is 41.6 Å². The highest BCUT2D eigenvalue weighted by Crippen LogP contribution is 2.38. The van der Waals surface area contributed by atoms with Gasteiger partial charge >= 0.3 is 0 Å². The van der Waals surface area contributed by atoms with Crippen molar-refractivity contribution in [1.29, 1.82) is 0 Å². The molecule has 1 saturated heterocycles. The first-order valence-corrected chi connectivity index (χ1v) is 14.6. The van der Waals surface area contributed by atoms with E-state index < -0.39 is 8.07 Å². The molecule has 0 aliphatic carbocycles. The standard InChI is InChI=1S/C24H30N6Si/c1-16-13-20-18(7-5-10-25-20)14-19(16)27-24-26-15-21-23(28-24)22(29-30(21)2)17-8-6-11-31(3,4)12-9-17/h5,7,10,13-15,17H,6,8-9,11-12H2,1-4H3,(H,26,27,28). The molecule has 0 saturated carbocycles. The number of nitrogens with zero attached hydrogens (tertiary/aromatic N) is 5. The number of pyridine rings is 1. The highest BCUT2D eigenvalue weighted by atomic mass is 28.3. The van der Waals surface area contributed by atoms with Crippen LogP contribution >= 0.6 is 0 Å². The predicted molar refractivity (Wildman–Crippen MR) is 130 cm³/mol. The lowest BCUT2D eigenvalue weighted by Gasteiger charge is -2.19. The lowest BCUT2D eigenvalue weighted by atomic mass is 9.96. The molecule has 31 heavy (non-hydrogen) atoms. The van der Waals surface area contributed by atoms with Crippen molar-refractivity contribution in [2.24, 2.45) is 7.05 Å². The first-order valence-electron chi connectivity index (χ1n) is 11.2. The summed E-state index contributed by atoms with van der Waals surface area (Å²) in [5, 5.41) is 9.45. The van der Waals surface area contributed by atoms with Gasteiger partial charge in [0.2, 0.25) is 5.95 Å². The molecule has 4 aromatic rings. The van der Waals surface area contributed by atoms with Crippen molar-refractivity contribution in [3.63, 3.8) is 0 Å². The van der Waals surface area contributed by atoms with Crippen LogP contribution < -0.4 is 5.32 Å². The minimum absolute atomic E-state index is 0.495. The fourth-order valence-corrected chi connectivity index (χ4v) is 7.35. The second-order valence-electron chi connectivity index (χ2n) is 9.72. The number of hydrogen-bond acceptors (Lipinski definition) is 5. The van der Waals surface area contributed by atoms with Crippen LogP contribution in [0.5, 0.6) is 0 Å². The van der Waals surface area contributed by atoms with Crippen LogP contribution in [-0.4, -0.2) is 32.8 Å². The SMILES string of the molecule is Cc1cc2ncccc2cc1Nc1ncc2c(n1)c(C1CCC[Si](C)(C)CC1)nn2C. The molecule has 5 rings (SSSR count). The number of aryl methyl sites for hydroxylation is 2. The topological polar surface area (TPSA) is 68.5 Å². The zero-order valence-corrected chi connectivity index (χ0v) is 19.8. The lowest BCUT2D eigenvalue weighted by molar-refractivity contribution is 0.583. The third kappa shape index (κ3) is 3.94. The Labute approximate surface area is 184 Å². The van der Waals surface area contributed by atoms with Gasteiger partial charge in [-0.25, -0.2) is 9.97 Å². The van der Waals surface area contributed by atoms with Gasteiger partial charge in [-0.15, -0.1) is 0 Å². The van der Waals surface area contributed by atoms with Gasteiger partial charge in [-0.1, -0.05) is 37.7 Å².